The molecule has 0 aromatic carbocycles. The minimum absolute atomic E-state index is 0.0849. The summed E-state index contributed by atoms with van der Waals surface area (Å²) in [6.07, 6.45) is 1.93. The minimum Gasteiger partial charge on any atom is -0.444 e. The third-order valence-electron chi connectivity index (χ3n) is 4.10. The van der Waals surface area contributed by atoms with Crippen molar-refractivity contribution in [3.05, 3.63) is 0 Å². The number of nitrogens with zero attached hydrogens (tertiary/aromatic N) is 2. The van der Waals surface area contributed by atoms with E-state index in [9.17, 15) is 19.6 Å². The summed E-state index contributed by atoms with van der Waals surface area (Å²) < 4.78 is 5.34. The maximum atomic E-state index is 12.0. The fourth-order valence-corrected chi connectivity index (χ4v) is 2.94. The van der Waals surface area contributed by atoms with Gasteiger partial charge < -0.3 is 9.64 Å². The lowest BCUT2D eigenvalue weighted by atomic mass is 9.86. The quantitative estimate of drug-likeness (QED) is 0.620. The second-order valence-corrected chi connectivity index (χ2v) is 7.09. The van der Waals surface area contributed by atoms with Gasteiger partial charge in [0.25, 0.3) is 11.8 Å². The predicted molar refractivity (Wildman–Crippen MR) is 76.9 cm³/mol. The minimum atomic E-state index is -0.527. The number of ether oxygens (including phenoxy) is 1. The Labute approximate surface area is 130 Å². The van der Waals surface area contributed by atoms with Crippen LogP contribution < -0.4 is 0 Å². The van der Waals surface area contributed by atoms with Crippen molar-refractivity contribution >= 4 is 17.9 Å². The molecule has 2 aliphatic rings. The Balaban J connectivity index is 1.79. The number of imide groups is 1. The predicted octanol–water partition coefficient (Wildman–Crippen LogP) is 1.79. The van der Waals surface area contributed by atoms with E-state index >= 15 is 0 Å². The number of carbonyl (C=O) groups excluding carboxylic acids is 3. The van der Waals surface area contributed by atoms with Crippen molar-refractivity contribution in [1.82, 2.24) is 9.96 Å². The molecular weight excluding hydrogens is 288 g/mol. The lowest BCUT2D eigenvalue weighted by Crippen LogP contribution is -2.42. The number of piperidine rings is 1. The topological polar surface area (TPSA) is 87.2 Å². The van der Waals surface area contributed by atoms with E-state index in [1.54, 1.807) is 4.90 Å². The van der Waals surface area contributed by atoms with Crippen molar-refractivity contribution in [2.24, 2.45) is 11.8 Å². The molecule has 0 spiro atoms. The molecule has 2 fully saturated rings. The molecule has 0 aromatic rings. The smallest absolute Gasteiger partial charge is 0.410 e. The van der Waals surface area contributed by atoms with E-state index in [0.717, 1.165) is 12.8 Å². The van der Waals surface area contributed by atoms with Gasteiger partial charge in [-0.15, -0.1) is 0 Å². The van der Waals surface area contributed by atoms with Gasteiger partial charge in [-0.1, -0.05) is 0 Å². The molecule has 2 rings (SSSR count). The van der Waals surface area contributed by atoms with Crippen LogP contribution in [0.2, 0.25) is 0 Å². The maximum Gasteiger partial charge on any atom is 0.410 e. The van der Waals surface area contributed by atoms with E-state index in [-0.39, 0.29) is 23.5 Å². The zero-order valence-corrected chi connectivity index (χ0v) is 13.4. The van der Waals surface area contributed by atoms with E-state index in [1.165, 1.54) is 0 Å². The normalized spacial score (nSPS) is 24.1. The summed E-state index contributed by atoms with van der Waals surface area (Å²) in [6.45, 7) is 6.69. The molecule has 124 valence electrons. The summed E-state index contributed by atoms with van der Waals surface area (Å²) in [7, 11) is 0. The van der Waals surface area contributed by atoms with E-state index in [2.05, 4.69) is 0 Å². The van der Waals surface area contributed by atoms with Crippen molar-refractivity contribution in [2.75, 3.05) is 13.1 Å². The number of hydroxylamine groups is 2. The van der Waals surface area contributed by atoms with Gasteiger partial charge in [-0.2, -0.15) is 5.06 Å². The Morgan fingerprint density at radius 2 is 1.86 bits per heavy atom. The molecule has 1 N–H and O–H groups in total. The molecule has 22 heavy (non-hydrogen) atoms. The van der Waals surface area contributed by atoms with Gasteiger partial charge in [-0.25, -0.2) is 4.79 Å². The molecule has 1 unspecified atom stereocenters. The van der Waals surface area contributed by atoms with Gasteiger partial charge in [0, 0.05) is 25.4 Å². The standard InChI is InChI=1S/C15H24N2O5/c1-15(2,3)22-14(20)16-6-4-10(5-7-16)8-11-9-12(18)17(21)13(11)19/h10-11,21H,4-9H2,1-3H3. The Morgan fingerprint density at radius 3 is 2.32 bits per heavy atom. The van der Waals surface area contributed by atoms with Gasteiger partial charge in [0.15, 0.2) is 0 Å². The largest absolute Gasteiger partial charge is 0.444 e. The average molecular weight is 312 g/mol. The first kappa shape index (κ1) is 16.7. The zero-order chi connectivity index (χ0) is 16.5. The number of hydrogen-bond acceptors (Lipinski definition) is 5. The van der Waals surface area contributed by atoms with Gasteiger partial charge in [0.05, 0.1) is 0 Å². The molecule has 2 saturated heterocycles. The summed E-state index contributed by atoms with van der Waals surface area (Å²) >= 11 is 0. The molecule has 7 nitrogen and oxygen atoms in total. The molecule has 0 aliphatic carbocycles. The highest BCUT2D eigenvalue weighted by Gasteiger charge is 2.39. The van der Waals surface area contributed by atoms with Gasteiger partial charge in [-0.05, 0) is 46.0 Å². The number of likely N-dealkylation sites (tertiary alicyclic amines) is 1. The van der Waals surface area contributed by atoms with Crippen LogP contribution in [0.4, 0.5) is 4.79 Å². The van der Waals surface area contributed by atoms with Crippen LogP contribution in [0, 0.1) is 11.8 Å². The maximum absolute atomic E-state index is 12.0. The fourth-order valence-electron chi connectivity index (χ4n) is 2.94. The van der Waals surface area contributed by atoms with Crippen molar-refractivity contribution in [1.29, 1.82) is 0 Å². The van der Waals surface area contributed by atoms with Crippen LogP contribution in [0.1, 0.15) is 46.5 Å². The van der Waals surface area contributed by atoms with Gasteiger partial charge in [0.2, 0.25) is 0 Å². The number of rotatable bonds is 2. The second-order valence-electron chi connectivity index (χ2n) is 7.09. The first-order valence-corrected chi connectivity index (χ1v) is 7.71. The highest BCUT2D eigenvalue weighted by Crippen LogP contribution is 2.30. The highest BCUT2D eigenvalue weighted by atomic mass is 16.6. The van der Waals surface area contributed by atoms with Crippen molar-refractivity contribution in [3.8, 4) is 0 Å². The van der Waals surface area contributed by atoms with Crippen LogP contribution in [-0.2, 0) is 14.3 Å². The zero-order valence-electron chi connectivity index (χ0n) is 13.4. The average Bonchev–Trinajstić information content (AvgIpc) is 2.65. The van der Waals surface area contributed by atoms with E-state index in [4.69, 9.17) is 4.74 Å². The number of amides is 3. The van der Waals surface area contributed by atoms with Crippen molar-refractivity contribution < 1.29 is 24.3 Å². The lowest BCUT2D eigenvalue weighted by Gasteiger charge is -2.34. The van der Waals surface area contributed by atoms with Crippen LogP contribution in [0.15, 0.2) is 0 Å². The SMILES string of the molecule is CC(C)(C)OC(=O)N1CCC(CC2CC(=O)N(O)C2=O)CC1. The van der Waals surface area contributed by atoms with Crippen LogP contribution >= 0.6 is 0 Å². The van der Waals surface area contributed by atoms with E-state index in [1.807, 2.05) is 20.8 Å². The highest BCUT2D eigenvalue weighted by molar-refractivity contribution is 6.02. The molecule has 0 saturated carbocycles. The van der Waals surface area contributed by atoms with Crippen molar-refractivity contribution in [3.63, 3.8) is 0 Å². The van der Waals surface area contributed by atoms with Crippen molar-refractivity contribution in [2.45, 2.75) is 52.1 Å². The lowest BCUT2D eigenvalue weighted by molar-refractivity contribution is -0.172. The number of carbonyl (C=O) groups is 3. The summed E-state index contributed by atoms with van der Waals surface area (Å²) in [5.74, 6) is -1.16. The first-order chi connectivity index (χ1) is 10.2. The molecule has 0 aromatic heterocycles. The van der Waals surface area contributed by atoms with Crippen LogP contribution in [0.5, 0.6) is 0 Å². The Kier molecular flexibility index (Phi) is 4.75. The Morgan fingerprint density at radius 1 is 1.27 bits per heavy atom. The van der Waals surface area contributed by atoms with E-state index in [0.29, 0.717) is 19.5 Å². The van der Waals surface area contributed by atoms with Gasteiger partial charge in [0.1, 0.15) is 5.60 Å². The number of hydrogen-bond donors (Lipinski definition) is 1. The molecule has 0 bridgehead atoms. The molecule has 3 amide bonds. The molecule has 2 aliphatic heterocycles. The molecular formula is C15H24N2O5. The van der Waals surface area contributed by atoms with Crippen LogP contribution in [0.3, 0.4) is 0 Å². The van der Waals surface area contributed by atoms with Crippen LogP contribution in [-0.4, -0.2) is 51.8 Å². The summed E-state index contributed by atoms with van der Waals surface area (Å²) in [6, 6.07) is 0. The molecule has 7 heteroatoms. The summed E-state index contributed by atoms with van der Waals surface area (Å²) in [4.78, 5) is 36.6. The Bertz CT molecular complexity index is 463. The summed E-state index contributed by atoms with van der Waals surface area (Å²) in [5.41, 5.74) is -0.505. The molecule has 1 atom stereocenters. The summed E-state index contributed by atoms with van der Waals surface area (Å²) in [5, 5.41) is 9.49. The van der Waals surface area contributed by atoms with Crippen LogP contribution in [0.25, 0.3) is 0 Å². The Hall–Kier alpha value is -1.63. The van der Waals surface area contributed by atoms with Gasteiger partial charge >= 0.3 is 6.09 Å². The second kappa shape index (κ2) is 6.24. The van der Waals surface area contributed by atoms with Gasteiger partial charge in [-0.3, -0.25) is 14.8 Å². The first-order valence-electron chi connectivity index (χ1n) is 7.71. The molecule has 2 heterocycles. The van der Waals surface area contributed by atoms with E-state index < -0.39 is 23.3 Å². The third-order valence-corrected chi connectivity index (χ3v) is 4.10. The molecule has 0 radical (unpaired) electrons. The fraction of sp³-hybridized carbons (Fsp3) is 0.800. The monoisotopic (exact) mass is 312 g/mol. The third kappa shape index (κ3) is 3.97.